The first kappa shape index (κ1) is 38.9. The second-order valence-electron chi connectivity index (χ2n) is 15.0. The molecule has 1 aromatic heterocycles. The van der Waals surface area contributed by atoms with E-state index in [1.165, 1.54) is 24.3 Å². The fourth-order valence-corrected chi connectivity index (χ4v) is 9.40. The van der Waals surface area contributed by atoms with Gasteiger partial charge in [-0.25, -0.2) is 9.97 Å². The van der Waals surface area contributed by atoms with Gasteiger partial charge in [0.2, 0.25) is 0 Å². The summed E-state index contributed by atoms with van der Waals surface area (Å²) in [6.45, 7) is 0. The molecule has 4 amide bonds. The van der Waals surface area contributed by atoms with Crippen molar-refractivity contribution >= 4 is 112 Å². The Hall–Kier alpha value is -7.30. The number of anilines is 4. The Morgan fingerprint density at radius 2 is 0.871 bits per heavy atom. The van der Waals surface area contributed by atoms with Crippen LogP contribution in [0.5, 0.6) is 0 Å². The van der Waals surface area contributed by atoms with Crippen molar-refractivity contribution in [1.29, 1.82) is 0 Å². The monoisotopic (exact) mass is 950 g/mol. The summed E-state index contributed by atoms with van der Waals surface area (Å²) in [4.78, 5) is 99.3. The Labute approximate surface area is 367 Å². The van der Waals surface area contributed by atoms with Gasteiger partial charge < -0.3 is 20.8 Å². The van der Waals surface area contributed by atoms with Crippen molar-refractivity contribution in [2.45, 2.75) is 23.9 Å². The molecule has 16 heteroatoms. The molecule has 5 aromatic carbocycles. The molecule has 304 valence electrons. The minimum Gasteiger partial charge on any atom is -0.507 e. The summed E-state index contributed by atoms with van der Waals surface area (Å²) in [6.07, 6.45) is -1.19. The predicted molar refractivity (Wildman–Crippen MR) is 235 cm³/mol. The van der Waals surface area contributed by atoms with Crippen LogP contribution < -0.4 is 20.4 Å². The number of carbonyl (C=O) groups excluding carboxylic acids is 6. The predicted octanol–water partition coefficient (Wildman–Crippen LogP) is 6.79. The zero-order valence-electron chi connectivity index (χ0n) is 31.8. The molecule has 10 rings (SSSR count). The largest absolute Gasteiger partial charge is 0.507 e. The van der Waals surface area contributed by atoms with Crippen LogP contribution in [0.25, 0.3) is 22.6 Å². The third-order valence-electron chi connectivity index (χ3n) is 11.7. The van der Waals surface area contributed by atoms with Gasteiger partial charge in [0.1, 0.15) is 11.5 Å². The summed E-state index contributed by atoms with van der Waals surface area (Å²) in [5.74, 6) is -7.43. The molecule has 4 aliphatic heterocycles. The van der Waals surface area contributed by atoms with E-state index in [1.54, 1.807) is 97.1 Å². The van der Waals surface area contributed by atoms with E-state index in [1.807, 2.05) is 0 Å². The number of rotatable bonds is 6. The molecule has 4 aliphatic rings. The first-order valence-electron chi connectivity index (χ1n) is 19.1. The van der Waals surface area contributed by atoms with Crippen LogP contribution in [0.4, 0.5) is 22.7 Å². The van der Waals surface area contributed by atoms with Crippen molar-refractivity contribution in [2.24, 2.45) is 0 Å². The van der Waals surface area contributed by atoms with E-state index in [9.17, 15) is 39.0 Å². The lowest BCUT2D eigenvalue weighted by Gasteiger charge is -2.43. The van der Waals surface area contributed by atoms with Crippen molar-refractivity contribution in [3.63, 3.8) is 0 Å². The van der Waals surface area contributed by atoms with Crippen LogP contribution in [0.2, 0.25) is 0 Å². The highest BCUT2D eigenvalue weighted by Gasteiger charge is 2.66. The summed E-state index contributed by atoms with van der Waals surface area (Å²) in [7, 11) is 0. The van der Waals surface area contributed by atoms with Crippen LogP contribution in [0.15, 0.2) is 141 Å². The van der Waals surface area contributed by atoms with E-state index in [0.29, 0.717) is 20.0 Å². The number of amides is 4. The third-order valence-corrected chi connectivity index (χ3v) is 12.7. The standard InChI is InChI=1S/C46H28Br2N6O8/c47-25-17-13-23(14-18-25)37(55)35-39(57)41(59)53-33-11-5-3-9-29(33)51-43(61)45(35,53)21-31-32(50-28-8-2-1-7-27(28)49-31)22-46-36(38(56)24-15-19-26(48)20-16-24)40(58)42(60)54(46)34-12-6-4-10-30(34)52-44(46)62/h1-20,55-56H,21-22H2,(H,51,61)(H,52,62)/b37-35-,38-36-. The SMILES string of the molecule is O=C1C(=O)N2c3ccccc3NC(=O)C2(Cc2nc3ccccc3nc2CC23C(=O)Nc4ccccc4N2C(=O)C(=O)/C3=C(/O)c2ccc(Br)cc2)/C1=C(\O)c1ccc(Br)cc1. The van der Waals surface area contributed by atoms with Gasteiger partial charge in [0, 0.05) is 32.9 Å². The number of halogens is 2. The van der Waals surface area contributed by atoms with Crippen molar-refractivity contribution in [3.8, 4) is 0 Å². The first-order chi connectivity index (χ1) is 29.8. The quantitative estimate of drug-likeness (QED) is 0.0783. The molecule has 5 heterocycles. The molecule has 0 saturated carbocycles. The zero-order chi connectivity index (χ0) is 43.2. The molecule has 2 atom stereocenters. The van der Waals surface area contributed by atoms with E-state index in [4.69, 9.17) is 9.97 Å². The number of para-hydroxylation sites is 6. The third kappa shape index (κ3) is 5.52. The van der Waals surface area contributed by atoms with Gasteiger partial charge in [0.25, 0.3) is 23.4 Å². The smallest absolute Gasteiger partial charge is 0.300 e. The maximum Gasteiger partial charge on any atom is 0.300 e. The maximum absolute atomic E-state index is 14.9. The fraction of sp³-hybridized carbons (Fsp3) is 0.0870. The van der Waals surface area contributed by atoms with Crippen molar-refractivity contribution in [3.05, 3.63) is 164 Å². The van der Waals surface area contributed by atoms with Crippen LogP contribution in [-0.4, -0.2) is 66.5 Å². The lowest BCUT2D eigenvalue weighted by atomic mass is 9.77. The average molecular weight is 953 g/mol. The topological polar surface area (TPSA) is 199 Å². The second kappa shape index (κ2) is 14.1. The van der Waals surface area contributed by atoms with Gasteiger partial charge in [0.15, 0.2) is 11.1 Å². The number of hydrogen-bond acceptors (Lipinski definition) is 10. The number of nitrogens with one attached hydrogen (secondary N) is 2. The highest BCUT2D eigenvalue weighted by molar-refractivity contribution is 9.10. The van der Waals surface area contributed by atoms with E-state index in [2.05, 4.69) is 42.5 Å². The van der Waals surface area contributed by atoms with Gasteiger partial charge in [-0.15, -0.1) is 0 Å². The number of fused-ring (bicyclic) bond motifs is 7. The van der Waals surface area contributed by atoms with E-state index >= 15 is 0 Å². The Kier molecular flexibility index (Phi) is 8.87. The van der Waals surface area contributed by atoms with Gasteiger partial charge >= 0.3 is 11.8 Å². The molecule has 6 aromatic rings. The summed E-state index contributed by atoms with van der Waals surface area (Å²) < 4.78 is 1.33. The first-order valence-corrected chi connectivity index (χ1v) is 20.7. The number of ketones is 2. The number of Topliss-reactive ketones (excluding diaryl/α,β-unsaturated/α-hetero) is 2. The summed E-state index contributed by atoms with van der Waals surface area (Å²) in [6, 6.07) is 32.1. The Bertz CT molecular complexity index is 2910. The normalized spacial score (nSPS) is 21.9. The minimum absolute atomic E-state index is 0.0258. The number of nitrogens with zero attached hydrogens (tertiary/aromatic N) is 4. The fourth-order valence-electron chi connectivity index (χ4n) is 8.87. The summed E-state index contributed by atoms with van der Waals surface area (Å²) >= 11 is 6.75. The Balaban J connectivity index is 1.25. The number of aliphatic hydroxyl groups excluding tert-OH is 2. The molecule has 4 N–H and O–H groups in total. The summed E-state index contributed by atoms with van der Waals surface area (Å²) in [5, 5.41) is 29.8. The second-order valence-corrected chi connectivity index (χ2v) is 16.9. The zero-order valence-corrected chi connectivity index (χ0v) is 35.0. The highest BCUT2D eigenvalue weighted by Crippen LogP contribution is 2.51. The van der Waals surface area contributed by atoms with Gasteiger partial charge in [-0.1, -0.05) is 92.5 Å². The number of benzene rings is 5. The lowest BCUT2D eigenvalue weighted by molar-refractivity contribution is -0.132. The van der Waals surface area contributed by atoms with Gasteiger partial charge in [0.05, 0.1) is 56.3 Å². The van der Waals surface area contributed by atoms with Crippen LogP contribution in [-0.2, 0) is 41.6 Å². The molecule has 0 spiro atoms. The average Bonchev–Trinajstić information content (AvgIpc) is 3.64. The number of aliphatic hydroxyl groups is 2. The van der Waals surface area contributed by atoms with E-state index in [0.717, 1.165) is 9.80 Å². The number of carbonyl (C=O) groups is 6. The molecule has 14 nitrogen and oxygen atoms in total. The van der Waals surface area contributed by atoms with Crippen LogP contribution in [0.1, 0.15) is 22.5 Å². The van der Waals surface area contributed by atoms with Crippen LogP contribution in [0.3, 0.4) is 0 Å². The molecule has 0 aliphatic carbocycles. The van der Waals surface area contributed by atoms with Crippen molar-refractivity contribution in [1.82, 2.24) is 9.97 Å². The highest BCUT2D eigenvalue weighted by atomic mass is 79.9. The maximum atomic E-state index is 14.9. The van der Waals surface area contributed by atoms with E-state index in [-0.39, 0.29) is 45.3 Å². The minimum atomic E-state index is -2.30. The molecule has 0 radical (unpaired) electrons. The number of aromatic nitrogens is 2. The molecular weight excluding hydrogens is 924 g/mol. The molecular formula is C46H28Br2N6O8. The Morgan fingerprint density at radius 3 is 1.26 bits per heavy atom. The van der Waals surface area contributed by atoms with Gasteiger partial charge in [-0.2, -0.15) is 0 Å². The van der Waals surface area contributed by atoms with Gasteiger partial charge in [-0.05, 0) is 60.7 Å². The lowest BCUT2D eigenvalue weighted by Crippen LogP contribution is -2.61. The summed E-state index contributed by atoms with van der Waals surface area (Å²) in [5.41, 5.74) is -3.99. The molecule has 0 bridgehead atoms. The van der Waals surface area contributed by atoms with Crippen molar-refractivity contribution in [2.75, 3.05) is 20.4 Å². The van der Waals surface area contributed by atoms with Gasteiger partial charge in [-0.3, -0.25) is 38.6 Å². The van der Waals surface area contributed by atoms with E-state index < -0.39 is 81.8 Å². The van der Waals surface area contributed by atoms with Crippen molar-refractivity contribution < 1.29 is 39.0 Å². The Morgan fingerprint density at radius 1 is 0.516 bits per heavy atom. The molecule has 2 unspecified atom stereocenters. The number of hydrogen-bond donors (Lipinski definition) is 4. The van der Waals surface area contributed by atoms with Crippen LogP contribution >= 0.6 is 31.9 Å². The molecule has 2 fully saturated rings. The molecule has 62 heavy (non-hydrogen) atoms. The van der Waals surface area contributed by atoms with Crippen LogP contribution in [0, 0.1) is 0 Å². The molecule has 2 saturated heterocycles.